The van der Waals surface area contributed by atoms with Gasteiger partial charge in [0.05, 0.1) is 12.5 Å². The Morgan fingerprint density at radius 2 is 1.62 bits per heavy atom. The summed E-state index contributed by atoms with van der Waals surface area (Å²) in [7, 11) is 0. The van der Waals surface area contributed by atoms with Crippen LogP contribution in [0.15, 0.2) is 60.0 Å². The predicted octanol–water partition coefficient (Wildman–Crippen LogP) is 4.84. The molecule has 5 rings (SSSR count). The molecule has 5 nitrogen and oxygen atoms in total. The van der Waals surface area contributed by atoms with Gasteiger partial charge >= 0.3 is 0 Å². The minimum atomic E-state index is -0.300. The van der Waals surface area contributed by atoms with Crippen molar-refractivity contribution in [1.29, 1.82) is 0 Å². The summed E-state index contributed by atoms with van der Waals surface area (Å²) >= 11 is 1.83. The maximum absolute atomic E-state index is 13.3. The van der Waals surface area contributed by atoms with Crippen LogP contribution in [0.3, 0.4) is 0 Å². The SMILES string of the molecule is Cc1ccccc1C1c2ccsc2CCN1CCC(=O)N1CCCN(C(=O)Cc2ccc(F)cc2)CC1. The van der Waals surface area contributed by atoms with Crippen LogP contribution in [0, 0.1) is 12.7 Å². The summed E-state index contributed by atoms with van der Waals surface area (Å²) in [5.41, 5.74) is 4.78. The standard InChI is InChI=1S/C30H34FN3O2S/c1-22-5-2-3-6-25(22)30-26-13-20-37-27(26)11-16-34(30)17-12-28(35)32-14-4-15-33(19-18-32)29(36)21-23-7-9-24(31)10-8-23/h2-3,5-10,13,20,30H,4,11-12,14-19,21H2,1H3. The monoisotopic (exact) mass is 519 g/mol. The highest BCUT2D eigenvalue weighted by Crippen LogP contribution is 2.38. The van der Waals surface area contributed by atoms with Crippen LogP contribution in [0.25, 0.3) is 0 Å². The maximum Gasteiger partial charge on any atom is 0.227 e. The summed E-state index contributed by atoms with van der Waals surface area (Å²) in [6.07, 6.45) is 2.53. The number of hydrogen-bond donors (Lipinski definition) is 0. The van der Waals surface area contributed by atoms with Crippen LogP contribution >= 0.6 is 11.3 Å². The molecule has 37 heavy (non-hydrogen) atoms. The molecule has 2 amide bonds. The van der Waals surface area contributed by atoms with Crippen LogP contribution in [0.4, 0.5) is 4.39 Å². The molecule has 1 fully saturated rings. The van der Waals surface area contributed by atoms with Crippen molar-refractivity contribution in [3.63, 3.8) is 0 Å². The second-order valence-electron chi connectivity index (χ2n) is 10.0. The van der Waals surface area contributed by atoms with Crippen LogP contribution < -0.4 is 0 Å². The number of nitrogens with zero attached hydrogens (tertiary/aromatic N) is 3. The number of aryl methyl sites for hydroxylation is 1. The van der Waals surface area contributed by atoms with E-state index in [-0.39, 0.29) is 30.1 Å². The van der Waals surface area contributed by atoms with Gasteiger partial charge in [-0.05, 0) is 65.6 Å². The van der Waals surface area contributed by atoms with E-state index in [4.69, 9.17) is 0 Å². The summed E-state index contributed by atoms with van der Waals surface area (Å²) < 4.78 is 13.2. The van der Waals surface area contributed by atoms with Gasteiger partial charge in [0.1, 0.15) is 5.82 Å². The third-order valence-electron chi connectivity index (χ3n) is 7.63. The highest BCUT2D eigenvalue weighted by Gasteiger charge is 2.31. The minimum absolute atomic E-state index is 0.0295. The van der Waals surface area contributed by atoms with E-state index in [1.165, 1.54) is 33.7 Å². The smallest absolute Gasteiger partial charge is 0.227 e. The summed E-state index contributed by atoms with van der Waals surface area (Å²) in [5, 5.41) is 2.19. The van der Waals surface area contributed by atoms with Crippen molar-refractivity contribution < 1.29 is 14.0 Å². The quantitative estimate of drug-likeness (QED) is 0.468. The molecule has 3 aromatic rings. The number of fused-ring (bicyclic) bond motifs is 1. The van der Waals surface area contributed by atoms with E-state index in [9.17, 15) is 14.0 Å². The maximum atomic E-state index is 13.3. The Labute approximate surface area is 222 Å². The van der Waals surface area contributed by atoms with Crippen LogP contribution in [-0.4, -0.2) is 65.8 Å². The minimum Gasteiger partial charge on any atom is -0.341 e. The number of hydrogen-bond acceptors (Lipinski definition) is 4. The van der Waals surface area contributed by atoms with Crippen LogP contribution in [0.2, 0.25) is 0 Å². The Hall–Kier alpha value is -3.03. The van der Waals surface area contributed by atoms with E-state index in [0.717, 1.165) is 31.5 Å². The molecular weight excluding hydrogens is 485 g/mol. The van der Waals surface area contributed by atoms with Gasteiger partial charge in [-0.2, -0.15) is 0 Å². The molecular formula is C30H34FN3O2S. The Morgan fingerprint density at radius 3 is 2.38 bits per heavy atom. The molecule has 3 heterocycles. The molecule has 0 saturated carbocycles. The molecule has 7 heteroatoms. The molecule has 2 aromatic carbocycles. The Kier molecular flexibility index (Phi) is 8.01. The molecule has 1 saturated heterocycles. The van der Waals surface area contributed by atoms with Crippen LogP contribution in [-0.2, 0) is 22.4 Å². The molecule has 0 aliphatic carbocycles. The van der Waals surface area contributed by atoms with Gasteiger partial charge in [0.25, 0.3) is 0 Å². The lowest BCUT2D eigenvalue weighted by Crippen LogP contribution is -2.41. The lowest BCUT2D eigenvalue weighted by molar-refractivity contribution is -0.133. The van der Waals surface area contributed by atoms with Crippen LogP contribution in [0.5, 0.6) is 0 Å². The van der Waals surface area contributed by atoms with Gasteiger partial charge in [0.15, 0.2) is 0 Å². The van der Waals surface area contributed by atoms with Gasteiger partial charge < -0.3 is 9.80 Å². The van der Waals surface area contributed by atoms with Crippen molar-refractivity contribution >= 4 is 23.2 Å². The van der Waals surface area contributed by atoms with Gasteiger partial charge in [0, 0.05) is 50.6 Å². The van der Waals surface area contributed by atoms with E-state index in [2.05, 4.69) is 47.5 Å². The average molecular weight is 520 g/mol. The number of halogens is 1. The van der Waals surface area contributed by atoms with Crippen molar-refractivity contribution in [2.45, 2.75) is 38.6 Å². The third-order valence-corrected chi connectivity index (χ3v) is 8.63. The molecule has 0 spiro atoms. The van der Waals surface area contributed by atoms with Gasteiger partial charge in [-0.15, -0.1) is 11.3 Å². The zero-order valence-electron chi connectivity index (χ0n) is 21.4. The lowest BCUT2D eigenvalue weighted by atomic mass is 9.90. The topological polar surface area (TPSA) is 43.9 Å². The first kappa shape index (κ1) is 25.6. The average Bonchev–Trinajstić information content (AvgIpc) is 3.24. The van der Waals surface area contributed by atoms with E-state index < -0.39 is 0 Å². The van der Waals surface area contributed by atoms with Crippen LogP contribution in [0.1, 0.15) is 46.0 Å². The van der Waals surface area contributed by atoms with Gasteiger partial charge in [0.2, 0.25) is 11.8 Å². The highest BCUT2D eigenvalue weighted by atomic mass is 32.1. The first-order valence-electron chi connectivity index (χ1n) is 13.2. The Bertz CT molecular complexity index is 1240. The highest BCUT2D eigenvalue weighted by molar-refractivity contribution is 7.10. The number of benzene rings is 2. The largest absolute Gasteiger partial charge is 0.341 e. The molecule has 1 atom stereocenters. The number of carbonyl (C=O) groups excluding carboxylic acids is 2. The van der Waals surface area contributed by atoms with E-state index in [1.807, 2.05) is 21.1 Å². The fraction of sp³-hybridized carbons (Fsp3) is 0.400. The summed E-state index contributed by atoms with van der Waals surface area (Å²) in [6, 6.07) is 17.1. The zero-order valence-corrected chi connectivity index (χ0v) is 22.2. The van der Waals surface area contributed by atoms with Crippen molar-refractivity contribution in [3.05, 3.63) is 92.9 Å². The fourth-order valence-corrected chi connectivity index (χ4v) is 6.47. The van der Waals surface area contributed by atoms with Gasteiger partial charge in [-0.1, -0.05) is 36.4 Å². The zero-order chi connectivity index (χ0) is 25.8. The van der Waals surface area contributed by atoms with E-state index in [1.54, 1.807) is 12.1 Å². The van der Waals surface area contributed by atoms with Crippen molar-refractivity contribution in [1.82, 2.24) is 14.7 Å². The molecule has 1 unspecified atom stereocenters. The fourth-order valence-electron chi connectivity index (χ4n) is 5.57. The summed E-state index contributed by atoms with van der Waals surface area (Å²) in [4.78, 5) is 33.8. The molecule has 2 aliphatic heterocycles. The molecule has 194 valence electrons. The summed E-state index contributed by atoms with van der Waals surface area (Å²) in [5.74, 6) is -0.111. The first-order chi connectivity index (χ1) is 18.0. The van der Waals surface area contributed by atoms with Crippen molar-refractivity contribution in [2.24, 2.45) is 0 Å². The van der Waals surface area contributed by atoms with E-state index in [0.29, 0.717) is 32.6 Å². The lowest BCUT2D eigenvalue weighted by Gasteiger charge is -2.37. The number of amides is 2. The Balaban J connectivity index is 1.18. The van der Waals surface area contributed by atoms with Crippen molar-refractivity contribution in [3.8, 4) is 0 Å². The molecule has 2 aliphatic rings. The molecule has 1 aromatic heterocycles. The third kappa shape index (κ3) is 5.94. The number of rotatable bonds is 6. The molecule has 0 bridgehead atoms. The van der Waals surface area contributed by atoms with Gasteiger partial charge in [-0.25, -0.2) is 4.39 Å². The molecule has 0 radical (unpaired) electrons. The number of carbonyl (C=O) groups is 2. The van der Waals surface area contributed by atoms with Gasteiger partial charge in [-0.3, -0.25) is 14.5 Å². The number of thiophene rings is 1. The predicted molar refractivity (Wildman–Crippen MR) is 145 cm³/mol. The first-order valence-corrected chi connectivity index (χ1v) is 14.0. The van der Waals surface area contributed by atoms with Crippen molar-refractivity contribution in [2.75, 3.05) is 39.3 Å². The Morgan fingerprint density at radius 1 is 0.892 bits per heavy atom. The normalized spacial score (nSPS) is 18.4. The second-order valence-corrected chi connectivity index (χ2v) is 11.0. The summed E-state index contributed by atoms with van der Waals surface area (Å²) in [6.45, 7) is 6.26. The van der Waals surface area contributed by atoms with E-state index >= 15 is 0 Å². The second kappa shape index (κ2) is 11.6. The molecule has 0 N–H and O–H groups in total.